The van der Waals surface area contributed by atoms with E-state index in [0.29, 0.717) is 0 Å². The van der Waals surface area contributed by atoms with Crippen LogP contribution in [0.3, 0.4) is 0 Å². The van der Waals surface area contributed by atoms with Crippen LogP contribution < -0.4 is 5.32 Å². The summed E-state index contributed by atoms with van der Waals surface area (Å²) >= 11 is 3.67. The number of hydrogen-bond acceptors (Lipinski definition) is 6. The quantitative estimate of drug-likeness (QED) is 0.432. The highest BCUT2D eigenvalue weighted by Gasteiger charge is 2.14. The molecule has 0 bridgehead atoms. The number of aromatic nitrogens is 2. The minimum absolute atomic E-state index is 0.873. The molecular formula is C22H22N4S2. The molecule has 1 fully saturated rings. The number of nitrogens with zero attached hydrogens (tertiary/aromatic N) is 3. The average molecular weight is 407 g/mol. The summed E-state index contributed by atoms with van der Waals surface area (Å²) < 4.78 is 1.10. The Morgan fingerprint density at radius 1 is 0.893 bits per heavy atom. The van der Waals surface area contributed by atoms with Crippen molar-refractivity contribution in [2.45, 2.75) is 25.8 Å². The number of hydrogen-bond donors (Lipinski definition) is 1. The molecular weight excluding hydrogens is 384 g/mol. The van der Waals surface area contributed by atoms with E-state index < -0.39 is 0 Å². The monoisotopic (exact) mass is 406 g/mol. The van der Waals surface area contributed by atoms with E-state index >= 15 is 0 Å². The molecule has 0 aliphatic carbocycles. The molecule has 4 heterocycles. The van der Waals surface area contributed by atoms with Crippen LogP contribution in [0.15, 0.2) is 54.9 Å². The Labute approximate surface area is 172 Å². The van der Waals surface area contributed by atoms with Crippen LogP contribution in [-0.4, -0.2) is 28.0 Å². The van der Waals surface area contributed by atoms with Crippen molar-refractivity contribution in [1.82, 2.24) is 14.9 Å². The minimum Gasteiger partial charge on any atom is -0.339 e. The first-order valence-electron chi connectivity index (χ1n) is 9.73. The number of rotatable bonds is 5. The third-order valence-corrected chi connectivity index (χ3v) is 7.48. The summed E-state index contributed by atoms with van der Waals surface area (Å²) in [6.07, 6.45) is 5.70. The van der Waals surface area contributed by atoms with Crippen LogP contribution in [0.25, 0.3) is 20.0 Å². The summed E-state index contributed by atoms with van der Waals surface area (Å²) in [6, 6.07) is 16.9. The lowest BCUT2D eigenvalue weighted by atomic mass is 10.1. The maximum Gasteiger partial charge on any atom is 0.151 e. The van der Waals surface area contributed by atoms with Gasteiger partial charge >= 0.3 is 0 Å². The molecule has 4 aromatic rings. The fraction of sp³-hybridized carbons (Fsp3) is 0.273. The van der Waals surface area contributed by atoms with Gasteiger partial charge in [0.2, 0.25) is 0 Å². The molecule has 0 radical (unpaired) electrons. The van der Waals surface area contributed by atoms with E-state index in [0.717, 1.165) is 28.3 Å². The summed E-state index contributed by atoms with van der Waals surface area (Å²) in [4.78, 5) is 15.6. The van der Waals surface area contributed by atoms with Crippen molar-refractivity contribution in [3.63, 3.8) is 0 Å². The summed E-state index contributed by atoms with van der Waals surface area (Å²) in [7, 11) is 0. The Hall–Kier alpha value is -2.28. The van der Waals surface area contributed by atoms with E-state index in [1.54, 1.807) is 17.7 Å². The van der Waals surface area contributed by atoms with E-state index in [9.17, 15) is 0 Å². The van der Waals surface area contributed by atoms with Crippen molar-refractivity contribution >= 4 is 44.4 Å². The molecule has 1 aliphatic rings. The van der Waals surface area contributed by atoms with Gasteiger partial charge in [0.25, 0.3) is 0 Å². The normalized spacial score (nSPS) is 15.1. The van der Waals surface area contributed by atoms with Crippen molar-refractivity contribution in [1.29, 1.82) is 0 Å². The third kappa shape index (κ3) is 3.81. The zero-order chi connectivity index (χ0) is 18.8. The molecule has 1 aliphatic heterocycles. The van der Waals surface area contributed by atoms with E-state index in [4.69, 9.17) is 0 Å². The smallest absolute Gasteiger partial charge is 0.151 e. The molecule has 0 atom stereocenters. The van der Waals surface area contributed by atoms with E-state index in [2.05, 4.69) is 50.5 Å². The zero-order valence-corrected chi connectivity index (χ0v) is 17.2. The van der Waals surface area contributed by atoms with Crippen LogP contribution in [0.5, 0.6) is 0 Å². The molecule has 0 spiro atoms. The van der Waals surface area contributed by atoms with E-state index in [-0.39, 0.29) is 0 Å². The fourth-order valence-electron chi connectivity index (χ4n) is 3.66. The second-order valence-corrected chi connectivity index (χ2v) is 9.36. The Bertz CT molecular complexity index is 1060. The van der Waals surface area contributed by atoms with Gasteiger partial charge in [-0.15, -0.1) is 22.7 Å². The number of benzene rings is 1. The van der Waals surface area contributed by atoms with Gasteiger partial charge in [0.1, 0.15) is 6.33 Å². The molecule has 1 N–H and O–H groups in total. The van der Waals surface area contributed by atoms with Gasteiger partial charge < -0.3 is 5.32 Å². The van der Waals surface area contributed by atoms with Crippen LogP contribution in [0.4, 0.5) is 11.5 Å². The first-order valence-corrected chi connectivity index (χ1v) is 11.4. The van der Waals surface area contributed by atoms with Crippen LogP contribution in [0.1, 0.15) is 24.1 Å². The molecule has 0 saturated carbocycles. The molecule has 5 rings (SSSR count). The topological polar surface area (TPSA) is 41.1 Å². The van der Waals surface area contributed by atoms with Crippen molar-refractivity contribution < 1.29 is 0 Å². The van der Waals surface area contributed by atoms with E-state index in [1.807, 2.05) is 29.5 Å². The Kier molecular flexibility index (Phi) is 5.08. The van der Waals surface area contributed by atoms with Gasteiger partial charge in [0.15, 0.2) is 5.82 Å². The Morgan fingerprint density at radius 3 is 2.61 bits per heavy atom. The lowest BCUT2D eigenvalue weighted by Gasteiger charge is -2.25. The second-order valence-electron chi connectivity index (χ2n) is 7.14. The third-order valence-electron chi connectivity index (χ3n) is 5.08. The molecule has 6 heteroatoms. The number of likely N-dealkylation sites (tertiary alicyclic amines) is 1. The van der Waals surface area contributed by atoms with Crippen LogP contribution >= 0.6 is 22.7 Å². The second kappa shape index (κ2) is 7.99. The summed E-state index contributed by atoms with van der Waals surface area (Å²) in [5.74, 6) is 0.873. The van der Waals surface area contributed by atoms with Gasteiger partial charge in [-0.3, -0.25) is 4.90 Å². The fourth-order valence-corrected chi connectivity index (χ4v) is 5.84. The van der Waals surface area contributed by atoms with Gasteiger partial charge in [-0.1, -0.05) is 24.6 Å². The first-order chi connectivity index (χ1) is 13.8. The van der Waals surface area contributed by atoms with Crippen molar-refractivity contribution in [2.24, 2.45) is 0 Å². The van der Waals surface area contributed by atoms with Gasteiger partial charge in [-0.2, -0.15) is 0 Å². The summed E-state index contributed by atoms with van der Waals surface area (Å²) in [6.45, 7) is 3.55. The highest BCUT2D eigenvalue weighted by atomic mass is 32.1. The van der Waals surface area contributed by atoms with Crippen LogP contribution in [0.2, 0.25) is 0 Å². The zero-order valence-electron chi connectivity index (χ0n) is 15.6. The number of para-hydroxylation sites is 1. The van der Waals surface area contributed by atoms with Crippen LogP contribution in [-0.2, 0) is 6.54 Å². The molecule has 0 unspecified atom stereocenters. The molecule has 1 aromatic carbocycles. The maximum absolute atomic E-state index is 4.49. The predicted octanol–water partition coefficient (Wildman–Crippen LogP) is 6.15. The van der Waals surface area contributed by atoms with Gasteiger partial charge in [-0.25, -0.2) is 9.97 Å². The Morgan fingerprint density at radius 2 is 1.75 bits per heavy atom. The molecule has 142 valence electrons. The largest absolute Gasteiger partial charge is 0.339 e. The summed E-state index contributed by atoms with van der Waals surface area (Å²) in [5.41, 5.74) is 2.04. The number of anilines is 2. The molecule has 1 saturated heterocycles. The maximum atomic E-state index is 4.49. The highest BCUT2D eigenvalue weighted by molar-refractivity contribution is 7.26. The van der Waals surface area contributed by atoms with Crippen LogP contribution in [0, 0.1) is 0 Å². The molecule has 0 amide bonds. The van der Waals surface area contributed by atoms with Gasteiger partial charge in [-0.05, 0) is 56.3 Å². The van der Waals surface area contributed by atoms with E-state index in [1.165, 1.54) is 47.0 Å². The SMILES string of the molecule is c1ccc(Nc2ncnc3cc(-c4ccc(CN5CCCCC5)s4)sc23)cc1. The Balaban J connectivity index is 1.40. The lowest BCUT2D eigenvalue weighted by Crippen LogP contribution is -2.28. The number of thiophene rings is 2. The molecule has 28 heavy (non-hydrogen) atoms. The minimum atomic E-state index is 0.873. The number of nitrogens with one attached hydrogen (secondary N) is 1. The first kappa shape index (κ1) is 17.8. The molecule has 3 aromatic heterocycles. The average Bonchev–Trinajstić information content (AvgIpc) is 3.37. The highest BCUT2D eigenvalue weighted by Crippen LogP contribution is 2.39. The number of fused-ring (bicyclic) bond motifs is 1. The molecule has 4 nitrogen and oxygen atoms in total. The van der Waals surface area contributed by atoms with Crippen molar-refractivity contribution in [2.75, 3.05) is 18.4 Å². The predicted molar refractivity (Wildman–Crippen MR) is 120 cm³/mol. The van der Waals surface area contributed by atoms with Crippen molar-refractivity contribution in [3.05, 3.63) is 59.7 Å². The van der Waals surface area contributed by atoms with Gasteiger partial charge in [0.05, 0.1) is 10.2 Å². The standard InChI is InChI=1S/C22H22N4S2/c1-3-7-16(8-4-1)25-22-21-18(23-15-24-22)13-20(28-21)19-10-9-17(27-19)14-26-11-5-2-6-12-26/h1,3-4,7-10,13,15H,2,5-6,11-12,14H2,(H,23,24,25). The summed E-state index contributed by atoms with van der Waals surface area (Å²) in [5, 5.41) is 3.43. The van der Waals surface area contributed by atoms with Crippen molar-refractivity contribution in [3.8, 4) is 9.75 Å². The van der Waals surface area contributed by atoms with Gasteiger partial charge in [0, 0.05) is 26.9 Å². The number of piperidine rings is 1. The lowest BCUT2D eigenvalue weighted by molar-refractivity contribution is 0.222.